The molecule has 0 spiro atoms. The van der Waals surface area contributed by atoms with Crippen LogP contribution in [0.3, 0.4) is 0 Å². The van der Waals surface area contributed by atoms with E-state index in [0.717, 1.165) is 18.2 Å². The van der Waals surface area contributed by atoms with Gasteiger partial charge in [-0.05, 0) is 37.3 Å². The van der Waals surface area contributed by atoms with Crippen LogP contribution in [-0.4, -0.2) is 32.2 Å². The lowest BCUT2D eigenvalue weighted by atomic mass is 10.2. The van der Waals surface area contributed by atoms with E-state index in [1.807, 2.05) is 0 Å². The molecule has 1 unspecified atom stereocenters. The van der Waals surface area contributed by atoms with Crippen LogP contribution in [0.4, 0.5) is 18.9 Å². The van der Waals surface area contributed by atoms with Gasteiger partial charge in [0.2, 0.25) is 0 Å². The summed E-state index contributed by atoms with van der Waals surface area (Å²) in [6.07, 6.45) is -5.81. The highest BCUT2D eigenvalue weighted by molar-refractivity contribution is 5.98. The number of hydrogen-bond acceptors (Lipinski definition) is 5. The van der Waals surface area contributed by atoms with Gasteiger partial charge in [-0.2, -0.15) is 13.2 Å². The van der Waals surface area contributed by atoms with E-state index in [4.69, 9.17) is 14.2 Å². The summed E-state index contributed by atoms with van der Waals surface area (Å²) >= 11 is 0. The van der Waals surface area contributed by atoms with Crippen molar-refractivity contribution in [1.82, 2.24) is 0 Å². The number of carbonyl (C=O) groups is 2. The Hall–Kier alpha value is -3.23. The molecule has 0 heterocycles. The number of anilines is 1. The van der Waals surface area contributed by atoms with Crippen molar-refractivity contribution in [1.29, 1.82) is 0 Å². The lowest BCUT2D eigenvalue weighted by Gasteiger charge is -2.16. The van der Waals surface area contributed by atoms with Crippen LogP contribution >= 0.6 is 0 Å². The predicted octanol–water partition coefficient (Wildman–Crippen LogP) is 3.91. The monoisotopic (exact) mass is 397 g/mol. The van der Waals surface area contributed by atoms with Gasteiger partial charge < -0.3 is 19.5 Å². The van der Waals surface area contributed by atoms with Crippen LogP contribution in [0.25, 0.3) is 0 Å². The molecule has 1 amide bonds. The molecule has 0 fully saturated rings. The minimum atomic E-state index is -4.54. The third-order valence-electron chi connectivity index (χ3n) is 3.73. The van der Waals surface area contributed by atoms with E-state index < -0.39 is 29.7 Å². The van der Waals surface area contributed by atoms with Gasteiger partial charge >= 0.3 is 12.1 Å². The van der Waals surface area contributed by atoms with Gasteiger partial charge in [0.1, 0.15) is 5.56 Å². The third kappa shape index (κ3) is 4.93. The van der Waals surface area contributed by atoms with E-state index in [-0.39, 0.29) is 17.0 Å². The average molecular weight is 397 g/mol. The molecule has 0 radical (unpaired) electrons. The summed E-state index contributed by atoms with van der Waals surface area (Å²) in [4.78, 5) is 24.6. The number of para-hydroxylation sites is 1. The number of methoxy groups -OCH3 is 2. The highest BCUT2D eigenvalue weighted by Gasteiger charge is 2.31. The van der Waals surface area contributed by atoms with Crippen LogP contribution in [0.1, 0.15) is 22.8 Å². The number of nitrogens with one attached hydrogen (secondary N) is 1. The standard InChI is InChI=1S/C19H18F3NO5/c1-11(17(24)23-13-7-4-6-12(10-13)19(20,21)22)28-18(25)14-8-5-9-15(26-2)16(14)27-3/h4-11H,1-3H3,(H,23,24). The average Bonchev–Trinajstić information content (AvgIpc) is 2.66. The summed E-state index contributed by atoms with van der Waals surface area (Å²) in [7, 11) is 2.75. The minimum Gasteiger partial charge on any atom is -0.493 e. The molecule has 1 N–H and O–H groups in total. The van der Waals surface area contributed by atoms with Gasteiger partial charge in [0.15, 0.2) is 17.6 Å². The van der Waals surface area contributed by atoms with Crippen LogP contribution in [0, 0.1) is 0 Å². The molecule has 1 atom stereocenters. The number of amides is 1. The number of carbonyl (C=O) groups excluding carboxylic acids is 2. The predicted molar refractivity (Wildman–Crippen MR) is 94.5 cm³/mol. The maximum atomic E-state index is 12.8. The molecule has 0 aliphatic heterocycles. The Morgan fingerprint density at radius 3 is 2.32 bits per heavy atom. The highest BCUT2D eigenvalue weighted by atomic mass is 19.4. The van der Waals surface area contributed by atoms with Gasteiger partial charge in [0, 0.05) is 5.69 Å². The second kappa shape index (κ2) is 8.64. The molecular formula is C19H18F3NO5. The van der Waals surface area contributed by atoms with E-state index >= 15 is 0 Å². The van der Waals surface area contributed by atoms with Crippen molar-refractivity contribution in [3.63, 3.8) is 0 Å². The van der Waals surface area contributed by atoms with Crippen molar-refractivity contribution in [2.45, 2.75) is 19.2 Å². The van der Waals surface area contributed by atoms with E-state index in [9.17, 15) is 22.8 Å². The molecule has 0 aromatic heterocycles. The van der Waals surface area contributed by atoms with Crippen LogP contribution < -0.4 is 14.8 Å². The zero-order valence-corrected chi connectivity index (χ0v) is 15.3. The Kier molecular flexibility index (Phi) is 6.50. The Labute approximate surface area is 159 Å². The summed E-state index contributed by atoms with van der Waals surface area (Å²) in [5.74, 6) is -1.18. The molecule has 28 heavy (non-hydrogen) atoms. The van der Waals surface area contributed by atoms with Crippen LogP contribution in [0.5, 0.6) is 11.5 Å². The first-order valence-corrected chi connectivity index (χ1v) is 8.07. The SMILES string of the molecule is COc1cccc(C(=O)OC(C)C(=O)Nc2cccc(C(F)(F)F)c2)c1OC. The fraction of sp³-hybridized carbons (Fsp3) is 0.263. The number of ether oxygens (including phenoxy) is 3. The van der Waals surface area contributed by atoms with E-state index in [1.54, 1.807) is 12.1 Å². The maximum Gasteiger partial charge on any atom is 0.416 e. The number of alkyl halides is 3. The first-order valence-electron chi connectivity index (χ1n) is 8.07. The topological polar surface area (TPSA) is 73.9 Å². The van der Waals surface area contributed by atoms with Gasteiger partial charge in [0.25, 0.3) is 5.91 Å². The molecule has 9 heteroatoms. The lowest BCUT2D eigenvalue weighted by Crippen LogP contribution is -2.30. The van der Waals surface area contributed by atoms with Crippen LogP contribution in [0.2, 0.25) is 0 Å². The molecule has 0 saturated carbocycles. The largest absolute Gasteiger partial charge is 0.493 e. The van der Waals surface area contributed by atoms with Gasteiger partial charge in [-0.15, -0.1) is 0 Å². The zero-order chi connectivity index (χ0) is 20.9. The zero-order valence-electron chi connectivity index (χ0n) is 15.3. The summed E-state index contributed by atoms with van der Waals surface area (Å²) in [6.45, 7) is 1.30. The lowest BCUT2D eigenvalue weighted by molar-refractivity contribution is -0.137. The fourth-order valence-corrected chi connectivity index (χ4v) is 2.34. The van der Waals surface area contributed by atoms with Crippen molar-refractivity contribution >= 4 is 17.6 Å². The van der Waals surface area contributed by atoms with Crippen molar-refractivity contribution in [3.05, 3.63) is 53.6 Å². The van der Waals surface area contributed by atoms with Crippen molar-refractivity contribution in [3.8, 4) is 11.5 Å². The van der Waals surface area contributed by atoms with Gasteiger partial charge in [-0.1, -0.05) is 12.1 Å². The number of rotatable bonds is 6. The van der Waals surface area contributed by atoms with E-state index in [0.29, 0.717) is 5.75 Å². The molecular weight excluding hydrogens is 379 g/mol. The summed E-state index contributed by atoms with van der Waals surface area (Å²) in [5, 5.41) is 2.29. The van der Waals surface area contributed by atoms with Crippen LogP contribution in [-0.2, 0) is 15.7 Å². The highest BCUT2D eigenvalue weighted by Crippen LogP contribution is 2.32. The Morgan fingerprint density at radius 2 is 1.71 bits per heavy atom. The maximum absolute atomic E-state index is 12.8. The summed E-state index contributed by atoms with van der Waals surface area (Å²) in [6, 6.07) is 8.69. The molecule has 2 rings (SSSR count). The first kappa shape index (κ1) is 21.1. The molecule has 6 nitrogen and oxygen atoms in total. The number of benzene rings is 2. The molecule has 150 valence electrons. The Balaban J connectivity index is 2.10. The first-order chi connectivity index (χ1) is 13.2. The van der Waals surface area contributed by atoms with Crippen molar-refractivity contribution in [2.24, 2.45) is 0 Å². The number of hydrogen-bond donors (Lipinski definition) is 1. The third-order valence-corrected chi connectivity index (χ3v) is 3.73. The van der Waals surface area contributed by atoms with Gasteiger partial charge in [-0.3, -0.25) is 4.79 Å². The summed E-state index contributed by atoms with van der Waals surface area (Å²) in [5.41, 5.74) is -0.932. The van der Waals surface area contributed by atoms with Crippen molar-refractivity contribution in [2.75, 3.05) is 19.5 Å². The normalized spacial score (nSPS) is 12.1. The Bertz CT molecular complexity index is 867. The van der Waals surface area contributed by atoms with Gasteiger partial charge in [-0.25, -0.2) is 4.79 Å². The van der Waals surface area contributed by atoms with Gasteiger partial charge in [0.05, 0.1) is 19.8 Å². The second-order valence-corrected chi connectivity index (χ2v) is 5.66. The van der Waals surface area contributed by atoms with E-state index in [2.05, 4.69) is 5.32 Å². The quantitative estimate of drug-likeness (QED) is 0.749. The second-order valence-electron chi connectivity index (χ2n) is 5.66. The van der Waals surface area contributed by atoms with Crippen LogP contribution in [0.15, 0.2) is 42.5 Å². The molecule has 0 saturated heterocycles. The molecule has 0 aliphatic rings. The molecule has 0 aliphatic carbocycles. The summed E-state index contributed by atoms with van der Waals surface area (Å²) < 4.78 is 53.6. The molecule has 2 aromatic rings. The van der Waals surface area contributed by atoms with E-state index in [1.165, 1.54) is 33.3 Å². The Morgan fingerprint density at radius 1 is 1.04 bits per heavy atom. The minimum absolute atomic E-state index is 0.0422. The van der Waals surface area contributed by atoms with Crippen molar-refractivity contribution < 1.29 is 37.0 Å². The fourth-order valence-electron chi connectivity index (χ4n) is 2.34. The smallest absolute Gasteiger partial charge is 0.416 e. The molecule has 2 aromatic carbocycles. The molecule has 0 bridgehead atoms. The number of halogens is 3. The number of esters is 1.